The fraction of sp³-hybridized carbons (Fsp3) is 0.817. The predicted molar refractivity (Wildman–Crippen MR) is 290 cm³/mol. The molecule has 402 valence electrons. The molecule has 69 heavy (non-hydrogen) atoms. The van der Waals surface area contributed by atoms with Crippen LogP contribution in [-0.4, -0.2) is 87.5 Å². The smallest absolute Gasteiger partial charge is 0.220 e. The van der Waals surface area contributed by atoms with Gasteiger partial charge in [-0.15, -0.1) is 0 Å². The number of aliphatic hydroxyl groups excluding tert-OH is 5. The zero-order valence-electron chi connectivity index (χ0n) is 44.6. The third-order valence-electron chi connectivity index (χ3n) is 13.5. The van der Waals surface area contributed by atoms with Gasteiger partial charge in [-0.2, -0.15) is 0 Å². The minimum absolute atomic E-state index is 0.205. The number of allylic oxidation sites excluding steroid dienone is 9. The zero-order valence-corrected chi connectivity index (χ0v) is 44.6. The number of amides is 1. The van der Waals surface area contributed by atoms with Crippen LogP contribution in [0.5, 0.6) is 0 Å². The average molecular weight is 973 g/mol. The molecule has 0 bridgehead atoms. The van der Waals surface area contributed by atoms with Gasteiger partial charge in [0.2, 0.25) is 5.91 Å². The van der Waals surface area contributed by atoms with Crippen LogP contribution in [0, 0.1) is 0 Å². The van der Waals surface area contributed by atoms with Crippen molar-refractivity contribution in [1.29, 1.82) is 0 Å². The van der Waals surface area contributed by atoms with Crippen molar-refractivity contribution >= 4 is 5.91 Å². The normalized spacial score (nSPS) is 19.9. The van der Waals surface area contributed by atoms with Crippen molar-refractivity contribution < 1.29 is 39.8 Å². The Morgan fingerprint density at radius 3 is 1.32 bits per heavy atom. The fourth-order valence-electron chi connectivity index (χ4n) is 8.93. The highest BCUT2D eigenvalue weighted by atomic mass is 16.7. The van der Waals surface area contributed by atoms with Gasteiger partial charge < -0.3 is 40.3 Å². The Morgan fingerprint density at radius 1 is 0.493 bits per heavy atom. The maximum absolute atomic E-state index is 13.0. The largest absolute Gasteiger partial charge is 0.394 e. The summed E-state index contributed by atoms with van der Waals surface area (Å²) in [5.74, 6) is -0.205. The summed E-state index contributed by atoms with van der Waals surface area (Å²) >= 11 is 0. The van der Waals surface area contributed by atoms with E-state index in [0.29, 0.717) is 6.42 Å². The van der Waals surface area contributed by atoms with Crippen LogP contribution in [0.4, 0.5) is 0 Å². The molecule has 9 heteroatoms. The van der Waals surface area contributed by atoms with E-state index in [1.54, 1.807) is 6.08 Å². The van der Waals surface area contributed by atoms with E-state index >= 15 is 0 Å². The van der Waals surface area contributed by atoms with Gasteiger partial charge >= 0.3 is 0 Å². The first kappa shape index (κ1) is 64.9. The predicted octanol–water partition coefficient (Wildman–Crippen LogP) is 14.3. The molecule has 0 radical (unpaired) electrons. The van der Waals surface area contributed by atoms with E-state index < -0.39 is 49.5 Å². The van der Waals surface area contributed by atoms with E-state index in [-0.39, 0.29) is 12.5 Å². The Kier molecular flexibility index (Phi) is 46.5. The summed E-state index contributed by atoms with van der Waals surface area (Å²) < 4.78 is 11.2. The van der Waals surface area contributed by atoms with Crippen LogP contribution < -0.4 is 5.32 Å². The molecule has 6 N–H and O–H groups in total. The summed E-state index contributed by atoms with van der Waals surface area (Å²) in [6, 6.07) is -0.838. The van der Waals surface area contributed by atoms with Crippen molar-refractivity contribution in [3.63, 3.8) is 0 Å². The Morgan fingerprint density at radius 2 is 0.870 bits per heavy atom. The zero-order chi connectivity index (χ0) is 50.1. The monoisotopic (exact) mass is 972 g/mol. The molecule has 1 saturated heterocycles. The van der Waals surface area contributed by atoms with Crippen LogP contribution in [0.3, 0.4) is 0 Å². The topological polar surface area (TPSA) is 149 Å². The maximum atomic E-state index is 13.0. The molecule has 1 amide bonds. The van der Waals surface area contributed by atoms with Gasteiger partial charge in [0, 0.05) is 6.42 Å². The number of hydrogen-bond acceptors (Lipinski definition) is 8. The molecule has 1 fully saturated rings. The fourth-order valence-corrected chi connectivity index (χ4v) is 8.93. The van der Waals surface area contributed by atoms with Crippen molar-refractivity contribution in [2.75, 3.05) is 13.2 Å². The second kappa shape index (κ2) is 49.5. The van der Waals surface area contributed by atoms with Crippen molar-refractivity contribution in [2.24, 2.45) is 0 Å². The van der Waals surface area contributed by atoms with Crippen LogP contribution in [0.2, 0.25) is 0 Å². The van der Waals surface area contributed by atoms with Gasteiger partial charge in [0.1, 0.15) is 24.4 Å². The van der Waals surface area contributed by atoms with Gasteiger partial charge in [-0.05, 0) is 77.0 Å². The molecule has 7 unspecified atom stereocenters. The number of carbonyl (C=O) groups is 1. The molecule has 0 aliphatic carbocycles. The molecular weight excluding hydrogens is 863 g/mol. The van der Waals surface area contributed by atoms with Crippen molar-refractivity contribution in [3.8, 4) is 0 Å². The number of hydrogen-bond donors (Lipinski definition) is 6. The van der Waals surface area contributed by atoms with Crippen LogP contribution in [0.15, 0.2) is 60.8 Å². The molecule has 1 aliphatic rings. The summed E-state index contributed by atoms with van der Waals surface area (Å²) in [4.78, 5) is 13.0. The lowest BCUT2D eigenvalue weighted by atomic mass is 9.99. The summed E-state index contributed by atoms with van der Waals surface area (Å²) in [5, 5.41) is 54.4. The average Bonchev–Trinajstić information content (AvgIpc) is 3.35. The highest BCUT2D eigenvalue weighted by molar-refractivity contribution is 5.76. The minimum atomic E-state index is -1.58. The van der Waals surface area contributed by atoms with E-state index in [4.69, 9.17) is 9.47 Å². The molecule has 1 heterocycles. The number of nitrogens with one attached hydrogen (secondary N) is 1. The van der Waals surface area contributed by atoms with Gasteiger partial charge in [0.15, 0.2) is 6.29 Å². The molecule has 7 atom stereocenters. The van der Waals surface area contributed by atoms with E-state index in [1.165, 1.54) is 167 Å². The number of aliphatic hydroxyl groups is 5. The number of ether oxygens (including phenoxy) is 2. The van der Waals surface area contributed by atoms with E-state index in [2.05, 4.69) is 67.8 Å². The van der Waals surface area contributed by atoms with Gasteiger partial charge in [-0.25, -0.2) is 0 Å². The van der Waals surface area contributed by atoms with E-state index in [0.717, 1.165) is 70.6 Å². The van der Waals surface area contributed by atoms with Gasteiger partial charge in [0.25, 0.3) is 0 Å². The molecule has 9 nitrogen and oxygen atoms in total. The SMILES string of the molecule is CCCCCC/C=C\C/C=C\CCCCCCCC(=O)NC(COC1OC(CO)C(O)C(O)C1O)C(O)/C=C/CC/C=C/CC/C=C/CCCCCCCCCCCCCCCCCCCCCC. The molecule has 0 spiro atoms. The third-order valence-corrected chi connectivity index (χ3v) is 13.5. The number of unbranched alkanes of at least 4 members (excludes halogenated alkanes) is 31. The van der Waals surface area contributed by atoms with Gasteiger partial charge in [-0.3, -0.25) is 4.79 Å². The summed E-state index contributed by atoms with van der Waals surface area (Å²) in [6.45, 7) is 3.74. The minimum Gasteiger partial charge on any atom is -0.394 e. The first-order valence-corrected chi connectivity index (χ1v) is 29.0. The lowest BCUT2D eigenvalue weighted by molar-refractivity contribution is -0.302. The van der Waals surface area contributed by atoms with Crippen LogP contribution in [-0.2, 0) is 14.3 Å². The molecule has 0 aromatic heterocycles. The standard InChI is InChI=1S/C60H109NO8/c1-3-5-7-9-11-13-15-17-19-21-22-23-24-25-26-27-28-29-30-31-32-33-34-35-37-39-41-43-45-47-49-54(63)53(52-68-60-59(67)58(66)57(65)55(51-62)69-60)61-56(64)50-48-46-44-42-40-38-36-20-18-16-14-12-10-8-6-4-2/h14,16,20,33-34,36,39,41,47,49,53-55,57-60,62-63,65-67H,3-13,15,17-19,21-32,35,37-38,40,42-46,48,50-52H2,1-2H3,(H,61,64)/b16-14-,34-33+,36-20-,41-39+,49-47+. The highest BCUT2D eigenvalue weighted by Crippen LogP contribution is 2.23. The first-order valence-electron chi connectivity index (χ1n) is 29.0. The maximum Gasteiger partial charge on any atom is 0.220 e. The molecule has 0 saturated carbocycles. The molecule has 1 rings (SSSR count). The molecule has 0 aromatic carbocycles. The number of rotatable bonds is 49. The summed E-state index contributed by atoms with van der Waals surface area (Å²) in [6.07, 6.45) is 60.1. The second-order valence-electron chi connectivity index (χ2n) is 20.1. The van der Waals surface area contributed by atoms with Crippen molar-refractivity contribution in [2.45, 2.75) is 301 Å². The van der Waals surface area contributed by atoms with Gasteiger partial charge in [0.05, 0.1) is 25.4 Å². The van der Waals surface area contributed by atoms with E-state index in [1.807, 2.05) is 6.08 Å². The molecular formula is C60H109NO8. The van der Waals surface area contributed by atoms with Crippen molar-refractivity contribution in [1.82, 2.24) is 5.32 Å². The summed E-state index contributed by atoms with van der Waals surface area (Å²) in [7, 11) is 0. The van der Waals surface area contributed by atoms with Crippen LogP contribution in [0.25, 0.3) is 0 Å². The molecule has 1 aliphatic heterocycles. The van der Waals surface area contributed by atoms with Gasteiger partial charge in [-0.1, -0.05) is 235 Å². The van der Waals surface area contributed by atoms with Crippen LogP contribution in [0.1, 0.15) is 258 Å². The molecule has 0 aromatic rings. The first-order chi connectivity index (χ1) is 33.8. The summed E-state index contributed by atoms with van der Waals surface area (Å²) in [5.41, 5.74) is 0. The lowest BCUT2D eigenvalue weighted by Crippen LogP contribution is -2.60. The Hall–Kier alpha value is -2.11. The Labute approximate surface area is 424 Å². The van der Waals surface area contributed by atoms with E-state index in [9.17, 15) is 30.3 Å². The van der Waals surface area contributed by atoms with Crippen LogP contribution >= 0.6 is 0 Å². The Bertz CT molecular complexity index is 1270. The third kappa shape index (κ3) is 39.1. The Balaban J connectivity index is 2.24. The quantitative estimate of drug-likeness (QED) is 0.0261. The second-order valence-corrected chi connectivity index (χ2v) is 20.1. The van der Waals surface area contributed by atoms with Crippen molar-refractivity contribution in [3.05, 3.63) is 60.8 Å². The lowest BCUT2D eigenvalue weighted by Gasteiger charge is -2.40. The number of carbonyl (C=O) groups excluding carboxylic acids is 1. The highest BCUT2D eigenvalue weighted by Gasteiger charge is 2.44.